The van der Waals surface area contributed by atoms with Crippen molar-refractivity contribution in [3.05, 3.63) is 35.4 Å². The average Bonchev–Trinajstić information content (AvgIpc) is 3.50. The van der Waals surface area contributed by atoms with Crippen LogP contribution in [0.2, 0.25) is 0 Å². The lowest BCUT2D eigenvalue weighted by atomic mass is 9.87. The van der Waals surface area contributed by atoms with E-state index in [1.54, 1.807) is 14.2 Å². The topological polar surface area (TPSA) is 43.5 Å². The third kappa shape index (κ3) is 3.83. The van der Waals surface area contributed by atoms with E-state index in [-0.39, 0.29) is 12.2 Å². The molecule has 0 bridgehead atoms. The quantitative estimate of drug-likeness (QED) is 0.609. The zero-order valence-corrected chi connectivity index (χ0v) is 15.2. The predicted molar refractivity (Wildman–Crippen MR) is 93.0 cm³/mol. The highest BCUT2D eigenvalue weighted by Gasteiger charge is 2.39. The van der Waals surface area contributed by atoms with Crippen molar-refractivity contribution in [1.82, 2.24) is 0 Å². The molecule has 4 nitrogen and oxygen atoms in total. The molecule has 1 aromatic rings. The summed E-state index contributed by atoms with van der Waals surface area (Å²) in [6.07, 6.45) is 2.99. The van der Waals surface area contributed by atoms with E-state index in [0.717, 1.165) is 26.1 Å². The maximum atomic E-state index is 5.80. The summed E-state index contributed by atoms with van der Waals surface area (Å²) in [5, 5.41) is 0. The first kappa shape index (κ1) is 17.9. The molecule has 0 saturated carbocycles. The van der Waals surface area contributed by atoms with Crippen LogP contribution in [0.1, 0.15) is 50.0 Å². The van der Waals surface area contributed by atoms with Crippen LogP contribution in [0.3, 0.4) is 0 Å². The second-order valence-corrected chi connectivity index (χ2v) is 6.87. The summed E-state index contributed by atoms with van der Waals surface area (Å²) >= 11 is 0. The smallest absolute Gasteiger partial charge is 0.0874 e. The summed E-state index contributed by atoms with van der Waals surface area (Å²) in [5.41, 5.74) is 2.43. The fourth-order valence-corrected chi connectivity index (χ4v) is 3.94. The van der Waals surface area contributed by atoms with Gasteiger partial charge < -0.3 is 18.9 Å². The molecule has 2 heterocycles. The molecule has 6 atom stereocenters. The highest BCUT2D eigenvalue weighted by Crippen LogP contribution is 2.39. The molecule has 2 aliphatic heterocycles. The van der Waals surface area contributed by atoms with Gasteiger partial charge in [-0.15, -0.1) is 0 Å². The highest BCUT2D eigenvalue weighted by atomic mass is 16.6. The number of rotatable bonds is 10. The monoisotopic (exact) mass is 334 g/mol. The van der Waals surface area contributed by atoms with Crippen molar-refractivity contribution in [1.29, 1.82) is 0 Å². The van der Waals surface area contributed by atoms with E-state index in [0.29, 0.717) is 24.0 Å². The standard InChI is InChI=1S/C20H30O4/c1-5-15(17-11-23-17)19(21-3)13-7-9-14(10-8-13)20(22-4)16(6-2)18-12-24-18/h7-10,15-20H,5-6,11-12H2,1-4H3. The number of methoxy groups -OCH3 is 2. The van der Waals surface area contributed by atoms with Gasteiger partial charge in [-0.2, -0.15) is 0 Å². The first-order valence-electron chi connectivity index (χ1n) is 9.12. The highest BCUT2D eigenvalue weighted by molar-refractivity contribution is 5.27. The lowest BCUT2D eigenvalue weighted by molar-refractivity contribution is 0.0346. The van der Waals surface area contributed by atoms with Gasteiger partial charge in [-0.1, -0.05) is 38.1 Å². The van der Waals surface area contributed by atoms with Crippen LogP contribution in [0.4, 0.5) is 0 Å². The molecule has 24 heavy (non-hydrogen) atoms. The van der Waals surface area contributed by atoms with Crippen LogP contribution in [0, 0.1) is 11.8 Å². The van der Waals surface area contributed by atoms with Crippen molar-refractivity contribution in [2.75, 3.05) is 27.4 Å². The molecule has 2 fully saturated rings. The normalized spacial score (nSPS) is 27.3. The Kier molecular flexibility index (Phi) is 5.93. The first-order chi connectivity index (χ1) is 11.7. The fraction of sp³-hybridized carbons (Fsp3) is 0.700. The van der Waals surface area contributed by atoms with Crippen molar-refractivity contribution >= 4 is 0 Å². The van der Waals surface area contributed by atoms with Gasteiger partial charge in [-0.25, -0.2) is 0 Å². The summed E-state index contributed by atoms with van der Waals surface area (Å²) in [5.74, 6) is 0.838. The molecule has 6 unspecified atom stereocenters. The third-order valence-electron chi connectivity index (χ3n) is 5.50. The zero-order chi connectivity index (χ0) is 17.1. The molecule has 134 valence electrons. The van der Waals surface area contributed by atoms with Crippen LogP contribution in [0.5, 0.6) is 0 Å². The minimum atomic E-state index is 0.0892. The number of benzene rings is 1. The third-order valence-corrected chi connectivity index (χ3v) is 5.50. The van der Waals surface area contributed by atoms with Crippen LogP contribution in [-0.4, -0.2) is 39.6 Å². The van der Waals surface area contributed by atoms with Crippen molar-refractivity contribution in [2.45, 2.75) is 51.1 Å². The Morgan fingerprint density at radius 3 is 1.38 bits per heavy atom. The minimum absolute atomic E-state index is 0.0892. The van der Waals surface area contributed by atoms with Gasteiger partial charge in [0, 0.05) is 26.1 Å². The Labute approximate surface area is 145 Å². The van der Waals surface area contributed by atoms with Gasteiger partial charge in [-0.3, -0.25) is 0 Å². The largest absolute Gasteiger partial charge is 0.376 e. The molecule has 2 saturated heterocycles. The lowest BCUT2D eigenvalue weighted by Gasteiger charge is -2.26. The number of hydrogen-bond donors (Lipinski definition) is 0. The molecule has 0 radical (unpaired) electrons. The zero-order valence-electron chi connectivity index (χ0n) is 15.2. The summed E-state index contributed by atoms with van der Waals surface area (Å²) < 4.78 is 22.6. The van der Waals surface area contributed by atoms with Crippen molar-refractivity contribution in [3.8, 4) is 0 Å². The Morgan fingerprint density at radius 2 is 1.17 bits per heavy atom. The van der Waals surface area contributed by atoms with Gasteiger partial charge >= 0.3 is 0 Å². The van der Waals surface area contributed by atoms with Gasteiger partial charge in [0.15, 0.2) is 0 Å². The SMILES string of the molecule is CCC(C1CO1)C(OC)c1ccc(C(OC)C(CC)C2CO2)cc1. The number of ether oxygens (including phenoxy) is 4. The Hall–Kier alpha value is -0.940. The van der Waals surface area contributed by atoms with E-state index in [4.69, 9.17) is 18.9 Å². The average molecular weight is 334 g/mol. The molecular formula is C20H30O4. The molecule has 3 rings (SSSR count). The van der Waals surface area contributed by atoms with Crippen LogP contribution in [-0.2, 0) is 18.9 Å². The molecular weight excluding hydrogens is 304 g/mol. The van der Waals surface area contributed by atoms with Gasteiger partial charge in [-0.05, 0) is 24.0 Å². The van der Waals surface area contributed by atoms with E-state index >= 15 is 0 Å². The van der Waals surface area contributed by atoms with Gasteiger partial charge in [0.2, 0.25) is 0 Å². The maximum Gasteiger partial charge on any atom is 0.0874 e. The second-order valence-electron chi connectivity index (χ2n) is 6.87. The minimum Gasteiger partial charge on any atom is -0.376 e. The summed E-state index contributed by atoms with van der Waals surface area (Å²) in [7, 11) is 3.58. The number of epoxide rings is 2. The molecule has 0 aliphatic carbocycles. The van der Waals surface area contributed by atoms with Gasteiger partial charge in [0.05, 0.1) is 37.6 Å². The molecule has 0 aromatic heterocycles. The van der Waals surface area contributed by atoms with Gasteiger partial charge in [0.1, 0.15) is 0 Å². The molecule has 2 aliphatic rings. The van der Waals surface area contributed by atoms with Crippen LogP contribution in [0.25, 0.3) is 0 Å². The van der Waals surface area contributed by atoms with Crippen LogP contribution < -0.4 is 0 Å². The summed E-state index contributed by atoms with van der Waals surface area (Å²) in [6.45, 7) is 6.13. The molecule has 0 spiro atoms. The predicted octanol–water partition coefficient (Wildman–Crippen LogP) is 3.91. The van der Waals surface area contributed by atoms with Crippen LogP contribution >= 0.6 is 0 Å². The van der Waals surface area contributed by atoms with Crippen molar-refractivity contribution < 1.29 is 18.9 Å². The van der Waals surface area contributed by atoms with E-state index in [1.165, 1.54) is 11.1 Å². The molecule has 0 amide bonds. The van der Waals surface area contributed by atoms with E-state index in [9.17, 15) is 0 Å². The van der Waals surface area contributed by atoms with Gasteiger partial charge in [0.25, 0.3) is 0 Å². The fourth-order valence-electron chi connectivity index (χ4n) is 3.94. The summed E-state index contributed by atoms with van der Waals surface area (Å²) in [6, 6.07) is 8.73. The molecule has 4 heteroatoms. The maximum absolute atomic E-state index is 5.80. The first-order valence-corrected chi connectivity index (χ1v) is 9.12. The number of hydrogen-bond acceptors (Lipinski definition) is 4. The van der Waals surface area contributed by atoms with Crippen molar-refractivity contribution in [2.24, 2.45) is 11.8 Å². The second kappa shape index (κ2) is 7.96. The Balaban J connectivity index is 1.75. The van der Waals surface area contributed by atoms with Crippen molar-refractivity contribution in [3.63, 3.8) is 0 Å². The van der Waals surface area contributed by atoms with Crippen LogP contribution in [0.15, 0.2) is 24.3 Å². The van der Waals surface area contributed by atoms with E-state index < -0.39 is 0 Å². The van der Waals surface area contributed by atoms with E-state index in [2.05, 4.69) is 38.1 Å². The summed E-state index contributed by atoms with van der Waals surface area (Å²) in [4.78, 5) is 0. The molecule has 0 N–H and O–H groups in total. The van der Waals surface area contributed by atoms with E-state index in [1.807, 2.05) is 0 Å². The molecule has 1 aromatic carbocycles. The lowest BCUT2D eigenvalue weighted by Crippen LogP contribution is -2.21. The Bertz CT molecular complexity index is 460. The Morgan fingerprint density at radius 1 is 0.833 bits per heavy atom.